The number of nitriles is 1. The zero-order valence-electron chi connectivity index (χ0n) is 21.2. The number of rotatable bonds is 2. The Morgan fingerprint density at radius 1 is 0.619 bits per heavy atom. The lowest BCUT2D eigenvalue weighted by atomic mass is 9.96. The quantitative estimate of drug-likeness (QED) is 0.182. The highest BCUT2D eigenvalue weighted by Gasteiger charge is 2.22. The molecule has 0 bridgehead atoms. The van der Waals surface area contributed by atoms with E-state index in [1.807, 2.05) is 36.4 Å². The fraction of sp³-hybridized carbons (Fsp3) is 0. The molecule has 0 N–H and O–H groups in total. The van der Waals surface area contributed by atoms with Crippen LogP contribution in [0.5, 0.6) is 0 Å². The minimum absolute atomic E-state index is 0.562. The van der Waals surface area contributed by atoms with Crippen LogP contribution in [-0.2, 0) is 0 Å². The van der Waals surface area contributed by atoms with Gasteiger partial charge in [-0.3, -0.25) is 0 Å². The second-order valence-corrected chi connectivity index (χ2v) is 13.1. The first-order valence-corrected chi connectivity index (χ1v) is 15.9. The van der Waals surface area contributed by atoms with Gasteiger partial charge in [0.05, 0.1) is 35.6 Å². The summed E-state index contributed by atoms with van der Waals surface area (Å²) < 4.78 is 20.6. The molecular formula is C32H12N6S4. The molecular weight excluding hydrogens is 597 g/mol. The van der Waals surface area contributed by atoms with Gasteiger partial charge in [0.25, 0.3) is 0 Å². The second-order valence-electron chi connectivity index (χ2n) is 9.86. The number of aromatic nitrogens is 4. The van der Waals surface area contributed by atoms with Gasteiger partial charge in [0, 0.05) is 35.7 Å². The van der Waals surface area contributed by atoms with Gasteiger partial charge in [-0.1, -0.05) is 48.5 Å². The molecule has 0 aliphatic carbocycles. The lowest BCUT2D eigenvalue weighted by Gasteiger charge is -2.08. The Bertz CT molecular complexity index is 2450. The lowest BCUT2D eigenvalue weighted by Crippen LogP contribution is -1.88. The van der Waals surface area contributed by atoms with E-state index in [0.717, 1.165) is 87.7 Å². The first-order valence-electron chi connectivity index (χ1n) is 12.8. The second kappa shape index (κ2) is 8.83. The highest BCUT2D eigenvalue weighted by molar-refractivity contribution is 7.24. The average Bonchev–Trinajstić information content (AvgIpc) is 3.83. The van der Waals surface area contributed by atoms with Crippen molar-refractivity contribution in [3.63, 3.8) is 0 Å². The maximum Gasteiger partial charge on any atom is 0.223 e. The Kier molecular flexibility index (Phi) is 5.01. The Morgan fingerprint density at radius 3 is 1.71 bits per heavy atom. The Hall–Kier alpha value is -4.84. The summed E-state index contributed by atoms with van der Waals surface area (Å²) in [6.45, 7) is 7.80. The van der Waals surface area contributed by atoms with Crippen molar-refractivity contribution in [2.45, 2.75) is 0 Å². The molecule has 42 heavy (non-hydrogen) atoms. The molecule has 5 aromatic carbocycles. The van der Waals surface area contributed by atoms with Crippen molar-refractivity contribution in [3.8, 4) is 27.0 Å². The normalized spacial score (nSPS) is 11.8. The van der Waals surface area contributed by atoms with Gasteiger partial charge in [0.15, 0.2) is 0 Å². The molecule has 0 radical (unpaired) electrons. The predicted molar refractivity (Wildman–Crippen MR) is 176 cm³/mol. The fourth-order valence-corrected chi connectivity index (χ4v) is 9.33. The Morgan fingerprint density at radius 2 is 1.12 bits per heavy atom. The molecule has 0 saturated heterocycles. The molecule has 0 atom stereocenters. The molecule has 0 aliphatic heterocycles. The van der Waals surface area contributed by atoms with Gasteiger partial charge in [-0.05, 0) is 51.2 Å². The van der Waals surface area contributed by atoms with Crippen molar-refractivity contribution in [2.24, 2.45) is 0 Å². The summed E-state index contributed by atoms with van der Waals surface area (Å²) in [5, 5.41) is 16.1. The van der Waals surface area contributed by atoms with Gasteiger partial charge in [-0.15, -0.1) is 22.7 Å². The number of hydrogen-bond acceptors (Lipinski definition) is 9. The van der Waals surface area contributed by atoms with Gasteiger partial charge in [0.2, 0.25) is 5.69 Å². The summed E-state index contributed by atoms with van der Waals surface area (Å²) in [4.78, 5) is 6.04. The number of thiophene rings is 2. The fourth-order valence-electron chi connectivity index (χ4n) is 5.91. The minimum atomic E-state index is 0.562. The van der Waals surface area contributed by atoms with Crippen LogP contribution < -0.4 is 0 Å². The molecule has 194 valence electrons. The van der Waals surface area contributed by atoms with Gasteiger partial charge in [-0.25, -0.2) is 4.85 Å². The summed E-state index contributed by atoms with van der Waals surface area (Å²) in [5.74, 6) is 0. The van der Waals surface area contributed by atoms with Crippen LogP contribution in [0.25, 0.3) is 89.5 Å². The van der Waals surface area contributed by atoms with Crippen LogP contribution in [0.15, 0.2) is 72.8 Å². The molecule has 0 saturated carbocycles. The minimum Gasteiger partial charge on any atom is -0.235 e. The molecule has 4 heterocycles. The molecule has 0 fully saturated rings. The van der Waals surface area contributed by atoms with Crippen molar-refractivity contribution < 1.29 is 0 Å². The summed E-state index contributed by atoms with van der Waals surface area (Å²) in [6.07, 6.45) is 0. The molecule has 4 aromatic heterocycles. The van der Waals surface area contributed by atoms with E-state index in [1.54, 1.807) is 22.7 Å². The zero-order valence-corrected chi connectivity index (χ0v) is 24.5. The number of nitrogens with zero attached hydrogens (tertiary/aromatic N) is 6. The zero-order chi connectivity index (χ0) is 27.9. The van der Waals surface area contributed by atoms with E-state index < -0.39 is 0 Å². The Balaban J connectivity index is 1.27. The topological polar surface area (TPSA) is 79.7 Å². The van der Waals surface area contributed by atoms with E-state index in [-0.39, 0.29) is 0 Å². The highest BCUT2D eigenvalue weighted by atomic mass is 32.1. The van der Waals surface area contributed by atoms with Crippen LogP contribution in [0.3, 0.4) is 0 Å². The summed E-state index contributed by atoms with van der Waals surface area (Å²) >= 11 is 5.77. The van der Waals surface area contributed by atoms with E-state index in [9.17, 15) is 5.26 Å². The van der Waals surface area contributed by atoms with Crippen LogP contribution >= 0.6 is 46.1 Å². The van der Waals surface area contributed by atoms with Crippen molar-refractivity contribution in [3.05, 3.63) is 89.8 Å². The molecule has 0 aliphatic rings. The van der Waals surface area contributed by atoms with Crippen molar-refractivity contribution >= 4 is 116 Å². The molecule has 0 spiro atoms. The van der Waals surface area contributed by atoms with Crippen LogP contribution in [-0.4, -0.2) is 17.5 Å². The molecule has 9 aromatic rings. The van der Waals surface area contributed by atoms with Crippen LogP contribution in [0.4, 0.5) is 5.69 Å². The molecule has 0 unspecified atom stereocenters. The van der Waals surface area contributed by atoms with Gasteiger partial charge in [-0.2, -0.15) is 22.8 Å². The van der Waals surface area contributed by atoms with E-state index in [1.165, 1.54) is 9.40 Å². The Labute approximate surface area is 253 Å². The summed E-state index contributed by atoms with van der Waals surface area (Å²) in [7, 11) is 0. The monoisotopic (exact) mass is 608 g/mol. The molecule has 10 heteroatoms. The largest absolute Gasteiger partial charge is 0.235 e. The maximum atomic E-state index is 9.92. The number of benzene rings is 5. The molecule has 6 nitrogen and oxygen atoms in total. The van der Waals surface area contributed by atoms with E-state index >= 15 is 0 Å². The van der Waals surface area contributed by atoms with E-state index in [0.29, 0.717) is 22.3 Å². The van der Waals surface area contributed by atoms with Gasteiger partial charge in [0.1, 0.15) is 28.1 Å². The van der Waals surface area contributed by atoms with Crippen LogP contribution in [0, 0.1) is 17.9 Å². The smallest absolute Gasteiger partial charge is 0.223 e. The van der Waals surface area contributed by atoms with Crippen molar-refractivity contribution in [1.29, 1.82) is 5.26 Å². The lowest BCUT2D eigenvalue weighted by molar-refractivity contribution is 1.50. The standard InChI is InChI=1S/C32H12N6S4/c1-34-28-20-9-5-4-8-19(20)27(31-32(28)38-42-37-31)25-13-16-11-22-15(10-23(16)40-25)12-24(39-22)26-18-7-3-2-6-17(18)21(14-33)29-30(26)36-41-35-29/h2-13H. The first kappa shape index (κ1) is 23.8. The third kappa shape index (κ3) is 3.20. The summed E-state index contributed by atoms with van der Waals surface area (Å²) in [6, 6.07) is 27.4. The van der Waals surface area contributed by atoms with E-state index in [2.05, 4.69) is 64.8 Å². The average molecular weight is 609 g/mol. The van der Waals surface area contributed by atoms with Crippen molar-refractivity contribution in [2.75, 3.05) is 0 Å². The van der Waals surface area contributed by atoms with Gasteiger partial charge < -0.3 is 0 Å². The predicted octanol–water partition coefficient (Wildman–Crippen LogP) is 10.2. The van der Waals surface area contributed by atoms with Gasteiger partial charge >= 0.3 is 0 Å². The molecule has 0 amide bonds. The third-order valence-corrected chi connectivity index (χ3v) is 11.0. The van der Waals surface area contributed by atoms with Crippen molar-refractivity contribution in [1.82, 2.24) is 17.5 Å². The molecule has 9 rings (SSSR count). The number of fused-ring (bicyclic) bond motifs is 6. The first-order chi connectivity index (χ1) is 20.7. The maximum absolute atomic E-state index is 9.92. The van der Waals surface area contributed by atoms with E-state index in [4.69, 9.17) is 6.57 Å². The van der Waals surface area contributed by atoms with Crippen LogP contribution in [0.2, 0.25) is 0 Å². The number of hydrogen-bond donors (Lipinski definition) is 0. The van der Waals surface area contributed by atoms with Crippen LogP contribution in [0.1, 0.15) is 5.56 Å². The SMILES string of the molecule is [C-]#[N+]c1c2ccccc2c(-c2cc3cc4sc(-c5c6ccccc6c(C#N)c6nsnc56)cc4cc3s2)c2nsnc12. The summed E-state index contributed by atoms with van der Waals surface area (Å²) in [5.41, 5.74) is 6.11. The highest BCUT2D eigenvalue weighted by Crippen LogP contribution is 2.48. The third-order valence-electron chi connectivity index (χ3n) is 7.70.